The van der Waals surface area contributed by atoms with E-state index in [1.807, 2.05) is 37.3 Å². The molecule has 1 atom stereocenters. The number of hydrogen-bond acceptors (Lipinski definition) is 5. The summed E-state index contributed by atoms with van der Waals surface area (Å²) in [6.45, 7) is 4.18. The van der Waals surface area contributed by atoms with Crippen LogP contribution in [0.3, 0.4) is 0 Å². The zero-order chi connectivity index (χ0) is 30.9. The van der Waals surface area contributed by atoms with E-state index in [0.29, 0.717) is 29.1 Å². The van der Waals surface area contributed by atoms with Gasteiger partial charge in [-0.2, -0.15) is 5.26 Å². The predicted molar refractivity (Wildman–Crippen MR) is 173 cm³/mol. The standard InChI is InChI=1S/C35H44N4O4/c1-3-4-5-6-7-8-9-10-11-12-17-33(43-32-16-14-13-15-26(32)2)34(41)37-29-22-23-30(31(40)24-29)39-35(42)38-28-20-18-27(25-36)19-21-28/h13-16,18-24,33,40H,3-12,17H2,1-2H3,(H,37,41)(H2,38,39,42). The van der Waals surface area contributed by atoms with Gasteiger partial charge in [-0.15, -0.1) is 0 Å². The minimum absolute atomic E-state index is 0.183. The van der Waals surface area contributed by atoms with Crippen LogP contribution in [0.1, 0.15) is 88.7 Å². The van der Waals surface area contributed by atoms with Crippen molar-refractivity contribution in [1.29, 1.82) is 5.26 Å². The number of carbonyl (C=O) groups excluding carboxylic acids is 2. The lowest BCUT2D eigenvalue weighted by Gasteiger charge is -2.20. The summed E-state index contributed by atoms with van der Waals surface area (Å²) in [6, 6.07) is 20.0. The van der Waals surface area contributed by atoms with E-state index in [-0.39, 0.29) is 17.3 Å². The molecule has 0 fully saturated rings. The topological polar surface area (TPSA) is 123 Å². The van der Waals surface area contributed by atoms with Crippen molar-refractivity contribution in [2.75, 3.05) is 16.0 Å². The molecule has 43 heavy (non-hydrogen) atoms. The number of carbonyl (C=O) groups is 2. The van der Waals surface area contributed by atoms with Crippen LogP contribution in [0.4, 0.5) is 21.9 Å². The molecule has 228 valence electrons. The van der Waals surface area contributed by atoms with Gasteiger partial charge in [0.2, 0.25) is 0 Å². The first-order chi connectivity index (χ1) is 20.9. The Bertz CT molecular complexity index is 1350. The monoisotopic (exact) mass is 584 g/mol. The molecule has 0 aliphatic heterocycles. The maximum absolute atomic E-state index is 13.3. The van der Waals surface area contributed by atoms with Gasteiger partial charge in [0.25, 0.3) is 5.91 Å². The molecule has 8 heteroatoms. The summed E-state index contributed by atoms with van der Waals surface area (Å²) in [6.07, 6.45) is 12.0. The first kappa shape index (κ1) is 33.0. The molecule has 3 amide bonds. The number of nitriles is 1. The third-order valence-electron chi connectivity index (χ3n) is 7.26. The maximum Gasteiger partial charge on any atom is 0.323 e. The number of hydrogen-bond donors (Lipinski definition) is 4. The van der Waals surface area contributed by atoms with Crippen molar-refractivity contribution in [3.8, 4) is 17.6 Å². The first-order valence-electron chi connectivity index (χ1n) is 15.3. The van der Waals surface area contributed by atoms with Gasteiger partial charge in [-0.1, -0.05) is 82.9 Å². The summed E-state index contributed by atoms with van der Waals surface area (Å²) in [5.74, 6) is 0.182. The minimum atomic E-state index is -0.687. The molecule has 0 bridgehead atoms. The van der Waals surface area contributed by atoms with Gasteiger partial charge in [-0.25, -0.2) is 4.79 Å². The van der Waals surface area contributed by atoms with Crippen LogP contribution >= 0.6 is 0 Å². The Hall–Kier alpha value is -4.51. The molecule has 0 saturated heterocycles. The fourth-order valence-electron chi connectivity index (χ4n) is 4.75. The fourth-order valence-corrected chi connectivity index (χ4v) is 4.75. The van der Waals surface area contributed by atoms with E-state index in [4.69, 9.17) is 10.00 Å². The van der Waals surface area contributed by atoms with Gasteiger partial charge in [-0.3, -0.25) is 4.79 Å². The number of nitrogens with one attached hydrogen (secondary N) is 3. The van der Waals surface area contributed by atoms with Crippen LogP contribution < -0.4 is 20.7 Å². The lowest BCUT2D eigenvalue weighted by molar-refractivity contribution is -0.123. The summed E-state index contributed by atoms with van der Waals surface area (Å²) < 4.78 is 6.18. The van der Waals surface area contributed by atoms with Crippen molar-refractivity contribution in [2.24, 2.45) is 0 Å². The van der Waals surface area contributed by atoms with Gasteiger partial charge in [0.05, 0.1) is 17.3 Å². The number of aryl methyl sites for hydroxylation is 1. The number of anilines is 3. The Morgan fingerprint density at radius 3 is 2.07 bits per heavy atom. The number of aromatic hydroxyl groups is 1. The molecule has 0 aliphatic rings. The summed E-state index contributed by atoms with van der Waals surface area (Å²) in [5, 5.41) is 27.5. The van der Waals surface area contributed by atoms with E-state index < -0.39 is 12.1 Å². The highest BCUT2D eigenvalue weighted by molar-refractivity contribution is 6.01. The lowest BCUT2D eigenvalue weighted by atomic mass is 10.0. The van der Waals surface area contributed by atoms with Crippen LogP contribution in [0, 0.1) is 18.3 Å². The Balaban J connectivity index is 1.54. The number of urea groups is 1. The quantitative estimate of drug-likeness (QED) is 0.0931. The molecule has 3 aromatic rings. The first-order valence-corrected chi connectivity index (χ1v) is 15.3. The normalized spacial score (nSPS) is 11.3. The van der Waals surface area contributed by atoms with Crippen molar-refractivity contribution >= 4 is 29.0 Å². The molecule has 3 aromatic carbocycles. The molecule has 3 rings (SSSR count). The third kappa shape index (κ3) is 11.7. The van der Waals surface area contributed by atoms with Crippen molar-refractivity contribution in [2.45, 2.75) is 90.6 Å². The molecule has 0 saturated carbocycles. The van der Waals surface area contributed by atoms with Crippen LogP contribution in [0.5, 0.6) is 11.5 Å². The van der Waals surface area contributed by atoms with Gasteiger partial charge in [0.15, 0.2) is 6.10 Å². The van der Waals surface area contributed by atoms with Crippen LogP contribution in [0.15, 0.2) is 66.7 Å². The van der Waals surface area contributed by atoms with Gasteiger partial charge in [0.1, 0.15) is 11.5 Å². The molecular weight excluding hydrogens is 540 g/mol. The molecular formula is C35H44N4O4. The molecule has 8 nitrogen and oxygen atoms in total. The molecule has 0 spiro atoms. The van der Waals surface area contributed by atoms with Crippen molar-refractivity contribution in [3.63, 3.8) is 0 Å². The average Bonchev–Trinajstić information content (AvgIpc) is 3.00. The van der Waals surface area contributed by atoms with Gasteiger partial charge in [-0.05, 0) is 67.8 Å². The predicted octanol–water partition coefficient (Wildman–Crippen LogP) is 8.91. The Labute approximate surface area is 255 Å². The highest BCUT2D eigenvalue weighted by Crippen LogP contribution is 2.28. The second-order valence-corrected chi connectivity index (χ2v) is 10.8. The summed E-state index contributed by atoms with van der Waals surface area (Å²) in [5.41, 5.74) is 2.51. The highest BCUT2D eigenvalue weighted by atomic mass is 16.5. The summed E-state index contributed by atoms with van der Waals surface area (Å²) >= 11 is 0. The Morgan fingerprint density at radius 1 is 0.814 bits per heavy atom. The Morgan fingerprint density at radius 2 is 1.44 bits per heavy atom. The Kier molecular flexibility index (Phi) is 13.9. The smallest absolute Gasteiger partial charge is 0.323 e. The van der Waals surface area contributed by atoms with E-state index in [1.54, 1.807) is 30.3 Å². The second kappa shape index (κ2) is 18.1. The van der Waals surface area contributed by atoms with Gasteiger partial charge in [0, 0.05) is 17.4 Å². The molecule has 4 N–H and O–H groups in total. The minimum Gasteiger partial charge on any atom is -0.506 e. The number of rotatable bonds is 17. The van der Waals surface area contributed by atoms with Crippen LogP contribution in [-0.2, 0) is 4.79 Å². The number of benzene rings is 3. The number of para-hydroxylation sites is 1. The third-order valence-corrected chi connectivity index (χ3v) is 7.26. The van der Waals surface area contributed by atoms with Gasteiger partial charge < -0.3 is 25.8 Å². The van der Waals surface area contributed by atoms with E-state index in [9.17, 15) is 14.7 Å². The molecule has 0 radical (unpaired) electrons. The molecule has 1 unspecified atom stereocenters. The van der Waals surface area contributed by atoms with E-state index in [1.165, 1.54) is 57.1 Å². The summed E-state index contributed by atoms with van der Waals surface area (Å²) in [4.78, 5) is 25.7. The number of amides is 3. The van der Waals surface area contributed by atoms with Crippen molar-refractivity contribution in [3.05, 3.63) is 77.9 Å². The van der Waals surface area contributed by atoms with Crippen molar-refractivity contribution < 1.29 is 19.4 Å². The number of phenolic OH excluding ortho intramolecular Hbond substituents is 1. The SMILES string of the molecule is CCCCCCCCCCCCC(Oc1ccccc1C)C(=O)Nc1ccc(NC(=O)Nc2ccc(C#N)cc2)c(O)c1. The fraction of sp³-hybridized carbons (Fsp3) is 0.400. The van der Waals surface area contributed by atoms with E-state index in [0.717, 1.165) is 24.8 Å². The lowest BCUT2D eigenvalue weighted by Crippen LogP contribution is -2.33. The number of phenols is 1. The van der Waals surface area contributed by atoms with Crippen LogP contribution in [0.25, 0.3) is 0 Å². The number of ether oxygens (including phenoxy) is 1. The van der Waals surface area contributed by atoms with E-state index >= 15 is 0 Å². The van der Waals surface area contributed by atoms with Crippen LogP contribution in [0.2, 0.25) is 0 Å². The molecule has 0 aliphatic carbocycles. The van der Waals surface area contributed by atoms with E-state index in [2.05, 4.69) is 22.9 Å². The molecule has 0 heterocycles. The zero-order valence-electron chi connectivity index (χ0n) is 25.3. The van der Waals surface area contributed by atoms with Crippen molar-refractivity contribution in [1.82, 2.24) is 0 Å². The van der Waals surface area contributed by atoms with Gasteiger partial charge >= 0.3 is 6.03 Å². The zero-order valence-corrected chi connectivity index (χ0v) is 25.3. The maximum atomic E-state index is 13.3. The number of nitrogens with zero attached hydrogens (tertiary/aromatic N) is 1. The average molecular weight is 585 g/mol. The number of unbranched alkanes of at least 4 members (excludes halogenated alkanes) is 9. The molecule has 0 aromatic heterocycles. The highest BCUT2D eigenvalue weighted by Gasteiger charge is 2.21. The van der Waals surface area contributed by atoms with Crippen LogP contribution in [-0.4, -0.2) is 23.1 Å². The summed E-state index contributed by atoms with van der Waals surface area (Å²) in [7, 11) is 0. The second-order valence-electron chi connectivity index (χ2n) is 10.8. The largest absolute Gasteiger partial charge is 0.506 e.